The number of nitrogens with two attached hydrogens (primary N) is 1. The average molecular weight is 323 g/mol. The van der Waals surface area contributed by atoms with Gasteiger partial charge in [-0.3, -0.25) is 19.7 Å². The molecule has 2 N–H and O–H groups in total. The van der Waals surface area contributed by atoms with Crippen molar-refractivity contribution in [3.8, 4) is 0 Å². The van der Waals surface area contributed by atoms with Crippen molar-refractivity contribution in [1.29, 1.82) is 0 Å². The highest BCUT2D eigenvalue weighted by molar-refractivity contribution is 5.93. The number of carbonyl (C=O) groups excluding carboxylic acids is 1. The third kappa shape index (κ3) is 2.74. The van der Waals surface area contributed by atoms with Gasteiger partial charge < -0.3 is 10.3 Å². The zero-order valence-electron chi connectivity index (χ0n) is 12.5. The molecule has 0 saturated heterocycles. The van der Waals surface area contributed by atoms with E-state index in [1.165, 1.54) is 0 Å². The molecule has 0 bridgehead atoms. The molecule has 0 saturated carbocycles. The molecule has 120 valence electrons. The lowest BCUT2D eigenvalue weighted by molar-refractivity contribution is -0.385. The van der Waals surface area contributed by atoms with Crippen LogP contribution < -0.4 is 11.3 Å². The molecular weight excluding hydrogens is 310 g/mol. The van der Waals surface area contributed by atoms with Crippen molar-refractivity contribution < 1.29 is 9.72 Å². The maximum absolute atomic E-state index is 12.4. The number of nitrogens with zero attached hydrogens (tertiary/aromatic N) is 2. The first-order valence-corrected chi connectivity index (χ1v) is 7.12. The molecule has 3 rings (SSSR count). The van der Waals surface area contributed by atoms with Crippen LogP contribution in [0, 0.1) is 10.1 Å². The van der Waals surface area contributed by atoms with Gasteiger partial charge in [-0.1, -0.05) is 42.5 Å². The van der Waals surface area contributed by atoms with E-state index in [1.807, 2.05) is 42.5 Å². The Balaban J connectivity index is 2.17. The number of rotatable bonds is 4. The summed E-state index contributed by atoms with van der Waals surface area (Å²) in [5, 5.41) is 13.0. The van der Waals surface area contributed by atoms with Crippen LogP contribution in [0.2, 0.25) is 0 Å². The normalized spacial score (nSPS) is 10.7. The second kappa shape index (κ2) is 5.96. The Morgan fingerprint density at radius 2 is 1.88 bits per heavy atom. The molecule has 2 aromatic carbocycles. The highest BCUT2D eigenvalue weighted by atomic mass is 16.6. The summed E-state index contributed by atoms with van der Waals surface area (Å²) in [6, 6.07) is 14.1. The number of fused-ring (bicyclic) bond motifs is 1. The molecule has 24 heavy (non-hydrogen) atoms. The van der Waals surface area contributed by atoms with Gasteiger partial charge in [-0.15, -0.1) is 0 Å². The predicted molar refractivity (Wildman–Crippen MR) is 88.9 cm³/mol. The van der Waals surface area contributed by atoms with Crippen molar-refractivity contribution >= 4 is 22.4 Å². The molecule has 3 aromatic rings. The van der Waals surface area contributed by atoms with Gasteiger partial charge in [0.1, 0.15) is 5.56 Å². The van der Waals surface area contributed by atoms with E-state index in [4.69, 9.17) is 5.73 Å². The number of primary amides is 1. The molecule has 1 amide bonds. The van der Waals surface area contributed by atoms with E-state index in [2.05, 4.69) is 0 Å². The lowest BCUT2D eigenvalue weighted by Crippen LogP contribution is -2.30. The fourth-order valence-corrected chi connectivity index (χ4v) is 2.63. The van der Waals surface area contributed by atoms with Crippen molar-refractivity contribution in [2.24, 2.45) is 5.73 Å². The van der Waals surface area contributed by atoms with Crippen LogP contribution >= 0.6 is 0 Å². The minimum Gasteiger partial charge on any atom is -0.365 e. The monoisotopic (exact) mass is 323 g/mol. The molecule has 1 aromatic heterocycles. The second-order valence-electron chi connectivity index (χ2n) is 5.30. The smallest absolute Gasteiger partial charge is 0.286 e. The summed E-state index contributed by atoms with van der Waals surface area (Å²) in [7, 11) is 0. The first kappa shape index (κ1) is 15.4. The van der Waals surface area contributed by atoms with Crippen LogP contribution in [-0.4, -0.2) is 15.4 Å². The van der Waals surface area contributed by atoms with Gasteiger partial charge in [0.15, 0.2) is 0 Å². The fraction of sp³-hybridized carbons (Fsp3) is 0.0588. The number of carbonyl (C=O) groups is 1. The van der Waals surface area contributed by atoms with Crippen LogP contribution in [-0.2, 0) is 6.54 Å². The average Bonchev–Trinajstić information content (AvgIpc) is 2.56. The van der Waals surface area contributed by atoms with Gasteiger partial charge in [0, 0.05) is 6.07 Å². The number of hydrogen-bond donors (Lipinski definition) is 1. The van der Waals surface area contributed by atoms with Crippen molar-refractivity contribution in [3.63, 3.8) is 0 Å². The van der Waals surface area contributed by atoms with Gasteiger partial charge in [-0.2, -0.15) is 0 Å². The van der Waals surface area contributed by atoms with Crippen molar-refractivity contribution in [2.75, 3.05) is 0 Å². The Hall–Kier alpha value is -3.48. The molecule has 0 aliphatic carbocycles. The maximum atomic E-state index is 12.4. The summed E-state index contributed by atoms with van der Waals surface area (Å²) in [4.78, 5) is 34.1. The standard InChI is InChI=1S/C17H13N3O4/c18-16(21)15-8-13(20(23)24)10-19(17(15)22)9-12-6-3-5-11-4-1-2-7-14(11)12/h1-8,10H,9H2,(H2,18,21). The van der Waals surface area contributed by atoms with Crippen LogP contribution in [0.1, 0.15) is 15.9 Å². The van der Waals surface area contributed by atoms with Crippen molar-refractivity contribution in [3.05, 3.63) is 86.3 Å². The summed E-state index contributed by atoms with van der Waals surface area (Å²) in [5.74, 6) is -0.990. The topological polar surface area (TPSA) is 108 Å². The molecule has 0 radical (unpaired) electrons. The van der Waals surface area contributed by atoms with Crippen LogP contribution in [0.25, 0.3) is 10.8 Å². The molecule has 7 nitrogen and oxygen atoms in total. The van der Waals surface area contributed by atoms with Crippen molar-refractivity contribution in [2.45, 2.75) is 6.54 Å². The largest absolute Gasteiger partial charge is 0.365 e. The first-order chi connectivity index (χ1) is 11.5. The highest BCUT2D eigenvalue weighted by Gasteiger charge is 2.17. The van der Waals surface area contributed by atoms with Gasteiger partial charge >= 0.3 is 0 Å². The first-order valence-electron chi connectivity index (χ1n) is 7.12. The third-order valence-corrected chi connectivity index (χ3v) is 3.77. The maximum Gasteiger partial charge on any atom is 0.286 e. The van der Waals surface area contributed by atoms with Crippen molar-refractivity contribution in [1.82, 2.24) is 4.57 Å². The summed E-state index contributed by atoms with van der Waals surface area (Å²) >= 11 is 0. The van der Waals surface area contributed by atoms with Gasteiger partial charge in [-0.25, -0.2) is 0 Å². The van der Waals surface area contributed by atoms with E-state index in [0.29, 0.717) is 0 Å². The number of nitro groups is 1. The zero-order chi connectivity index (χ0) is 17.3. The quantitative estimate of drug-likeness (QED) is 0.585. The molecule has 1 heterocycles. The van der Waals surface area contributed by atoms with Gasteiger partial charge in [0.05, 0.1) is 17.7 Å². The van der Waals surface area contributed by atoms with E-state index in [1.54, 1.807) is 0 Å². The number of pyridine rings is 1. The summed E-state index contributed by atoms with van der Waals surface area (Å²) in [6.45, 7) is 0.0994. The van der Waals surface area contributed by atoms with Gasteiger partial charge in [0.2, 0.25) is 0 Å². The van der Waals surface area contributed by atoms with Crippen LogP contribution in [0.5, 0.6) is 0 Å². The Bertz CT molecular complexity index is 1020. The number of hydrogen-bond acceptors (Lipinski definition) is 4. The SMILES string of the molecule is NC(=O)c1cc([N+](=O)[O-])cn(Cc2cccc3ccccc23)c1=O. The molecule has 0 spiro atoms. The minimum atomic E-state index is -0.990. The van der Waals surface area contributed by atoms with Gasteiger partial charge in [0.25, 0.3) is 17.2 Å². The van der Waals surface area contributed by atoms with E-state index < -0.39 is 22.0 Å². The lowest BCUT2D eigenvalue weighted by atomic mass is 10.0. The minimum absolute atomic E-state index is 0.0994. The molecule has 0 aliphatic rings. The summed E-state index contributed by atoms with van der Waals surface area (Å²) in [6.07, 6.45) is 1.12. The van der Waals surface area contributed by atoms with E-state index in [0.717, 1.165) is 33.2 Å². The summed E-state index contributed by atoms with van der Waals surface area (Å²) < 4.78 is 1.14. The molecule has 0 atom stereocenters. The summed E-state index contributed by atoms with van der Waals surface area (Å²) in [5.41, 5.74) is 4.56. The Morgan fingerprint density at radius 3 is 2.58 bits per heavy atom. The highest BCUT2D eigenvalue weighted by Crippen LogP contribution is 2.20. The molecule has 0 unspecified atom stereocenters. The predicted octanol–water partition coefficient (Wildman–Crippen LogP) is 2.06. The number of amides is 1. The Kier molecular flexibility index (Phi) is 3.83. The van der Waals surface area contributed by atoms with Crippen LogP contribution in [0.4, 0.5) is 5.69 Å². The van der Waals surface area contributed by atoms with Gasteiger partial charge in [-0.05, 0) is 16.3 Å². The van der Waals surface area contributed by atoms with Crippen LogP contribution in [0.3, 0.4) is 0 Å². The zero-order valence-corrected chi connectivity index (χ0v) is 12.5. The van der Waals surface area contributed by atoms with E-state index in [-0.39, 0.29) is 12.2 Å². The third-order valence-electron chi connectivity index (χ3n) is 3.77. The fourth-order valence-electron chi connectivity index (χ4n) is 2.63. The van der Waals surface area contributed by atoms with E-state index in [9.17, 15) is 19.7 Å². The molecular formula is C17H13N3O4. The molecule has 7 heteroatoms. The Morgan fingerprint density at radius 1 is 1.17 bits per heavy atom. The van der Waals surface area contributed by atoms with Crippen LogP contribution in [0.15, 0.2) is 59.5 Å². The molecule has 0 aliphatic heterocycles. The number of aromatic nitrogens is 1. The second-order valence-corrected chi connectivity index (χ2v) is 5.30. The molecule has 0 fully saturated rings. The lowest BCUT2D eigenvalue weighted by Gasteiger charge is -2.10. The van der Waals surface area contributed by atoms with E-state index >= 15 is 0 Å². The number of benzene rings is 2. The Labute approximate surface area is 136 Å².